The molecule has 0 atom stereocenters. The van der Waals surface area contributed by atoms with Crippen molar-refractivity contribution in [2.24, 2.45) is 0 Å². The van der Waals surface area contributed by atoms with Crippen LogP contribution >= 0.6 is 0 Å². The van der Waals surface area contributed by atoms with Gasteiger partial charge in [-0.25, -0.2) is 0 Å². The average molecular weight is 206 g/mol. The van der Waals surface area contributed by atoms with E-state index in [-0.39, 0.29) is 11.6 Å². The number of hydrogen-bond donors (Lipinski definition) is 1. The van der Waals surface area contributed by atoms with E-state index in [2.05, 4.69) is 15.1 Å². The molecule has 6 heteroatoms. The predicted molar refractivity (Wildman–Crippen MR) is 52.1 cm³/mol. The van der Waals surface area contributed by atoms with Gasteiger partial charge in [0.15, 0.2) is 0 Å². The minimum Gasteiger partial charge on any atom is -0.466 e. The fourth-order valence-electron chi connectivity index (χ4n) is 1.65. The molecule has 2 aromatic rings. The van der Waals surface area contributed by atoms with Gasteiger partial charge in [0.2, 0.25) is 5.78 Å². The summed E-state index contributed by atoms with van der Waals surface area (Å²) in [7, 11) is 1.50. The van der Waals surface area contributed by atoms with Gasteiger partial charge >= 0.3 is 6.01 Å². The Hall–Kier alpha value is -1.85. The summed E-state index contributed by atoms with van der Waals surface area (Å²) in [5.74, 6) is 0.891. The van der Waals surface area contributed by atoms with E-state index < -0.39 is 0 Å². The largest absolute Gasteiger partial charge is 0.466 e. The third-order valence-corrected chi connectivity index (χ3v) is 2.52. The van der Waals surface area contributed by atoms with Gasteiger partial charge in [-0.05, 0) is 12.8 Å². The van der Waals surface area contributed by atoms with Gasteiger partial charge in [-0.2, -0.15) is 9.50 Å². The van der Waals surface area contributed by atoms with E-state index in [0.29, 0.717) is 11.7 Å². The van der Waals surface area contributed by atoms with Crippen LogP contribution in [0.2, 0.25) is 0 Å². The highest BCUT2D eigenvalue weighted by Gasteiger charge is 2.27. The molecule has 15 heavy (non-hydrogen) atoms. The Kier molecular flexibility index (Phi) is 1.59. The average Bonchev–Trinajstić information content (AvgIpc) is 2.97. The standard InChI is InChI=1S/C9H10N4O2/c1-15-9-11-8-10-7(14)4-6(5-2-3-5)13(8)12-9/h4-5H,2-3H2,1H3,(H,10,11,12,14). The number of rotatable bonds is 2. The van der Waals surface area contributed by atoms with Gasteiger partial charge in [-0.1, -0.05) is 0 Å². The zero-order valence-corrected chi connectivity index (χ0v) is 8.23. The highest BCUT2D eigenvalue weighted by atomic mass is 16.5. The molecule has 0 bridgehead atoms. The summed E-state index contributed by atoms with van der Waals surface area (Å²) in [4.78, 5) is 18.0. The predicted octanol–water partition coefficient (Wildman–Crippen LogP) is 0.304. The lowest BCUT2D eigenvalue weighted by Crippen LogP contribution is -2.11. The highest BCUT2D eigenvalue weighted by Crippen LogP contribution is 2.39. The van der Waals surface area contributed by atoms with E-state index >= 15 is 0 Å². The molecular weight excluding hydrogens is 196 g/mol. The SMILES string of the molecule is COc1nc2[nH]c(=O)cc(C3CC3)n2n1. The maximum absolute atomic E-state index is 11.4. The monoisotopic (exact) mass is 206 g/mol. The van der Waals surface area contributed by atoms with Crippen LogP contribution < -0.4 is 10.3 Å². The fraction of sp³-hybridized carbons (Fsp3) is 0.444. The Morgan fingerprint density at radius 1 is 1.60 bits per heavy atom. The van der Waals surface area contributed by atoms with Gasteiger partial charge in [0.25, 0.3) is 5.56 Å². The van der Waals surface area contributed by atoms with Crippen LogP contribution in [0.3, 0.4) is 0 Å². The van der Waals surface area contributed by atoms with Gasteiger partial charge in [-0.15, -0.1) is 5.10 Å². The second-order valence-electron chi connectivity index (χ2n) is 3.67. The summed E-state index contributed by atoms with van der Waals surface area (Å²) >= 11 is 0. The molecular formula is C9H10N4O2. The number of ether oxygens (including phenoxy) is 1. The molecule has 0 spiro atoms. The number of nitrogens with zero attached hydrogens (tertiary/aromatic N) is 3. The Morgan fingerprint density at radius 2 is 2.40 bits per heavy atom. The first-order valence-electron chi connectivity index (χ1n) is 4.82. The Labute approximate surface area is 84.9 Å². The number of methoxy groups -OCH3 is 1. The van der Waals surface area contributed by atoms with Crippen LogP contribution in [0.1, 0.15) is 24.5 Å². The molecule has 0 saturated heterocycles. The quantitative estimate of drug-likeness (QED) is 0.767. The Balaban J connectivity index is 2.31. The van der Waals surface area contributed by atoms with Crippen molar-refractivity contribution in [1.82, 2.24) is 19.6 Å². The number of aromatic amines is 1. The van der Waals surface area contributed by atoms with Crippen LogP contribution in [0, 0.1) is 0 Å². The number of H-pyrrole nitrogens is 1. The van der Waals surface area contributed by atoms with Crippen molar-refractivity contribution in [2.75, 3.05) is 7.11 Å². The molecule has 0 aromatic carbocycles. The van der Waals surface area contributed by atoms with Crippen LogP contribution in [0.25, 0.3) is 5.78 Å². The zero-order chi connectivity index (χ0) is 10.4. The third kappa shape index (κ3) is 1.29. The first kappa shape index (κ1) is 8.46. The van der Waals surface area contributed by atoms with E-state index in [1.807, 2.05) is 0 Å². The molecule has 1 fully saturated rings. The molecule has 0 radical (unpaired) electrons. The lowest BCUT2D eigenvalue weighted by atomic mass is 10.3. The lowest BCUT2D eigenvalue weighted by molar-refractivity contribution is 0.380. The topological polar surface area (TPSA) is 72.3 Å². The minimum absolute atomic E-state index is 0.139. The zero-order valence-electron chi connectivity index (χ0n) is 8.23. The first-order valence-corrected chi connectivity index (χ1v) is 4.82. The van der Waals surface area contributed by atoms with Crippen molar-refractivity contribution in [3.05, 3.63) is 22.1 Å². The molecule has 1 saturated carbocycles. The van der Waals surface area contributed by atoms with Gasteiger partial charge in [0.05, 0.1) is 12.8 Å². The number of nitrogens with one attached hydrogen (secondary N) is 1. The van der Waals surface area contributed by atoms with E-state index in [9.17, 15) is 4.79 Å². The van der Waals surface area contributed by atoms with E-state index in [1.54, 1.807) is 10.6 Å². The van der Waals surface area contributed by atoms with Crippen LogP contribution in [0.5, 0.6) is 6.01 Å². The third-order valence-electron chi connectivity index (χ3n) is 2.52. The van der Waals surface area contributed by atoms with Gasteiger partial charge in [0, 0.05) is 12.0 Å². The summed E-state index contributed by atoms with van der Waals surface area (Å²) < 4.78 is 6.58. The van der Waals surface area contributed by atoms with E-state index in [1.165, 1.54) is 7.11 Å². The molecule has 0 aliphatic heterocycles. The van der Waals surface area contributed by atoms with Gasteiger partial charge in [0.1, 0.15) is 0 Å². The molecule has 1 aliphatic carbocycles. The smallest absolute Gasteiger partial charge is 0.337 e. The molecule has 1 N–H and O–H groups in total. The maximum atomic E-state index is 11.4. The summed E-state index contributed by atoms with van der Waals surface area (Å²) in [5, 5.41) is 4.15. The summed E-state index contributed by atoms with van der Waals surface area (Å²) in [6.07, 6.45) is 2.22. The Morgan fingerprint density at radius 3 is 3.07 bits per heavy atom. The lowest BCUT2D eigenvalue weighted by Gasteiger charge is -1.99. The van der Waals surface area contributed by atoms with Crippen molar-refractivity contribution >= 4 is 5.78 Å². The summed E-state index contributed by atoms with van der Waals surface area (Å²) in [5.41, 5.74) is 0.781. The van der Waals surface area contributed by atoms with Crippen molar-refractivity contribution < 1.29 is 4.74 Å². The second kappa shape index (κ2) is 2.82. The fourth-order valence-corrected chi connectivity index (χ4v) is 1.65. The van der Waals surface area contributed by atoms with Crippen LogP contribution in [0.4, 0.5) is 0 Å². The van der Waals surface area contributed by atoms with Gasteiger partial charge in [-0.3, -0.25) is 9.78 Å². The number of fused-ring (bicyclic) bond motifs is 1. The molecule has 0 unspecified atom stereocenters. The summed E-state index contributed by atoms with van der Waals surface area (Å²) in [6.45, 7) is 0. The second-order valence-corrected chi connectivity index (χ2v) is 3.67. The number of aromatic nitrogens is 4. The summed E-state index contributed by atoms with van der Waals surface area (Å²) in [6, 6.07) is 1.86. The van der Waals surface area contributed by atoms with E-state index in [0.717, 1.165) is 18.5 Å². The van der Waals surface area contributed by atoms with E-state index in [4.69, 9.17) is 4.74 Å². The molecule has 1 aliphatic rings. The van der Waals surface area contributed by atoms with Crippen LogP contribution in [-0.4, -0.2) is 26.7 Å². The maximum Gasteiger partial charge on any atom is 0.337 e. The van der Waals surface area contributed by atoms with Crippen LogP contribution in [0.15, 0.2) is 10.9 Å². The molecule has 2 heterocycles. The molecule has 3 rings (SSSR count). The highest BCUT2D eigenvalue weighted by molar-refractivity contribution is 5.32. The van der Waals surface area contributed by atoms with Crippen molar-refractivity contribution in [1.29, 1.82) is 0 Å². The van der Waals surface area contributed by atoms with Crippen molar-refractivity contribution in [3.63, 3.8) is 0 Å². The molecule has 78 valence electrons. The Bertz CT molecular complexity index is 567. The molecule has 0 amide bonds. The van der Waals surface area contributed by atoms with Crippen LogP contribution in [-0.2, 0) is 0 Å². The normalized spacial score (nSPS) is 15.8. The molecule has 6 nitrogen and oxygen atoms in total. The molecule has 2 aromatic heterocycles. The minimum atomic E-state index is -0.139. The number of hydrogen-bond acceptors (Lipinski definition) is 4. The first-order chi connectivity index (χ1) is 7.28. The van der Waals surface area contributed by atoms with Crippen molar-refractivity contribution in [2.45, 2.75) is 18.8 Å². The van der Waals surface area contributed by atoms with Crippen molar-refractivity contribution in [3.8, 4) is 6.01 Å². The van der Waals surface area contributed by atoms with Gasteiger partial charge < -0.3 is 4.74 Å².